The van der Waals surface area contributed by atoms with E-state index in [1.54, 1.807) is 0 Å². The van der Waals surface area contributed by atoms with Crippen LogP contribution in [0.5, 0.6) is 5.75 Å². The number of ether oxygens (including phenoxy) is 2. The molecule has 106 valence electrons. The standard InChI is InChI=1S/C16H18BrNO2/c1-12(18)15-9-14(17)7-8-16(15)20-11-19-10-13-5-3-2-4-6-13/h2-9,12H,10-11,18H2,1H3. The van der Waals surface area contributed by atoms with Crippen molar-refractivity contribution in [3.63, 3.8) is 0 Å². The van der Waals surface area contributed by atoms with Crippen LogP contribution in [0.2, 0.25) is 0 Å². The third kappa shape index (κ3) is 4.34. The van der Waals surface area contributed by atoms with Crippen LogP contribution in [0.15, 0.2) is 53.0 Å². The van der Waals surface area contributed by atoms with Crippen LogP contribution in [0.1, 0.15) is 24.1 Å². The van der Waals surface area contributed by atoms with Gasteiger partial charge in [-0.1, -0.05) is 46.3 Å². The molecule has 1 unspecified atom stereocenters. The summed E-state index contributed by atoms with van der Waals surface area (Å²) in [5.74, 6) is 0.760. The lowest BCUT2D eigenvalue weighted by Gasteiger charge is -2.14. The van der Waals surface area contributed by atoms with Gasteiger partial charge in [0.2, 0.25) is 0 Å². The lowest BCUT2D eigenvalue weighted by atomic mass is 10.1. The third-order valence-electron chi connectivity index (χ3n) is 2.87. The van der Waals surface area contributed by atoms with Crippen molar-refractivity contribution >= 4 is 15.9 Å². The van der Waals surface area contributed by atoms with Gasteiger partial charge in [0.25, 0.3) is 0 Å². The Morgan fingerprint density at radius 1 is 1.15 bits per heavy atom. The van der Waals surface area contributed by atoms with Gasteiger partial charge in [-0.25, -0.2) is 0 Å². The zero-order valence-electron chi connectivity index (χ0n) is 11.4. The van der Waals surface area contributed by atoms with Crippen LogP contribution < -0.4 is 10.5 Å². The van der Waals surface area contributed by atoms with Crippen molar-refractivity contribution in [1.82, 2.24) is 0 Å². The maximum absolute atomic E-state index is 5.94. The molecule has 0 aliphatic heterocycles. The Kier molecular flexibility index (Phi) is 5.59. The maximum Gasteiger partial charge on any atom is 0.189 e. The van der Waals surface area contributed by atoms with Crippen LogP contribution in [0, 0.1) is 0 Å². The molecule has 0 aliphatic carbocycles. The van der Waals surface area contributed by atoms with E-state index in [9.17, 15) is 0 Å². The van der Waals surface area contributed by atoms with Gasteiger partial charge >= 0.3 is 0 Å². The molecule has 0 saturated heterocycles. The second-order valence-electron chi connectivity index (χ2n) is 4.57. The molecule has 2 aromatic rings. The van der Waals surface area contributed by atoms with Crippen molar-refractivity contribution in [3.8, 4) is 5.75 Å². The number of nitrogens with two attached hydrogens (primary N) is 1. The monoisotopic (exact) mass is 335 g/mol. The lowest BCUT2D eigenvalue weighted by molar-refractivity contribution is 0.00440. The van der Waals surface area contributed by atoms with Gasteiger partial charge in [0, 0.05) is 16.1 Å². The fraction of sp³-hybridized carbons (Fsp3) is 0.250. The van der Waals surface area contributed by atoms with Crippen LogP contribution >= 0.6 is 15.9 Å². The first kappa shape index (κ1) is 15.0. The highest BCUT2D eigenvalue weighted by atomic mass is 79.9. The average Bonchev–Trinajstić information content (AvgIpc) is 2.45. The molecule has 0 bridgehead atoms. The molecule has 3 nitrogen and oxygen atoms in total. The number of benzene rings is 2. The van der Waals surface area contributed by atoms with Crippen LogP contribution in [0.25, 0.3) is 0 Å². The van der Waals surface area contributed by atoms with Crippen LogP contribution in [0.4, 0.5) is 0 Å². The Bertz CT molecular complexity index is 543. The van der Waals surface area contributed by atoms with Gasteiger partial charge < -0.3 is 15.2 Å². The highest BCUT2D eigenvalue weighted by Crippen LogP contribution is 2.27. The molecule has 0 aliphatic rings. The second kappa shape index (κ2) is 7.43. The van der Waals surface area contributed by atoms with Crippen LogP contribution in [-0.4, -0.2) is 6.79 Å². The van der Waals surface area contributed by atoms with E-state index >= 15 is 0 Å². The largest absolute Gasteiger partial charge is 0.467 e. The Balaban J connectivity index is 1.88. The summed E-state index contributed by atoms with van der Waals surface area (Å²) in [5, 5.41) is 0. The molecule has 2 N–H and O–H groups in total. The molecule has 2 aromatic carbocycles. The van der Waals surface area contributed by atoms with E-state index in [0.29, 0.717) is 6.61 Å². The number of halogens is 1. The van der Waals surface area contributed by atoms with Crippen molar-refractivity contribution < 1.29 is 9.47 Å². The summed E-state index contributed by atoms with van der Waals surface area (Å²) >= 11 is 3.43. The molecular formula is C16H18BrNO2. The first-order chi connectivity index (χ1) is 9.66. The van der Waals surface area contributed by atoms with Crippen molar-refractivity contribution in [2.24, 2.45) is 5.73 Å². The van der Waals surface area contributed by atoms with Crippen LogP contribution in [-0.2, 0) is 11.3 Å². The molecule has 0 radical (unpaired) electrons. The van der Waals surface area contributed by atoms with Crippen molar-refractivity contribution in [2.45, 2.75) is 19.6 Å². The van der Waals surface area contributed by atoms with Gasteiger partial charge in [0.1, 0.15) is 5.75 Å². The first-order valence-corrected chi connectivity index (χ1v) is 7.25. The Hall–Kier alpha value is -1.36. The van der Waals surface area contributed by atoms with E-state index < -0.39 is 0 Å². The molecule has 1 atom stereocenters. The summed E-state index contributed by atoms with van der Waals surface area (Å²) in [7, 11) is 0. The fourth-order valence-corrected chi connectivity index (χ4v) is 2.22. The van der Waals surface area contributed by atoms with Gasteiger partial charge in [0.05, 0.1) is 6.61 Å². The molecule has 0 saturated carbocycles. The maximum atomic E-state index is 5.94. The SMILES string of the molecule is CC(N)c1cc(Br)ccc1OCOCc1ccccc1. The molecule has 2 rings (SSSR count). The summed E-state index contributed by atoms with van der Waals surface area (Å²) in [5.41, 5.74) is 8.02. The van der Waals surface area contributed by atoms with Gasteiger partial charge in [-0.3, -0.25) is 0 Å². The van der Waals surface area contributed by atoms with Crippen molar-refractivity contribution in [2.75, 3.05) is 6.79 Å². The Morgan fingerprint density at radius 3 is 2.60 bits per heavy atom. The van der Waals surface area contributed by atoms with E-state index in [4.69, 9.17) is 15.2 Å². The first-order valence-electron chi connectivity index (χ1n) is 6.46. The number of hydrogen-bond acceptors (Lipinski definition) is 3. The summed E-state index contributed by atoms with van der Waals surface area (Å²) in [6.45, 7) is 2.67. The molecule has 0 fully saturated rings. The highest BCUT2D eigenvalue weighted by Gasteiger charge is 2.08. The third-order valence-corrected chi connectivity index (χ3v) is 3.36. The number of rotatable bonds is 6. The number of hydrogen-bond donors (Lipinski definition) is 1. The minimum Gasteiger partial charge on any atom is -0.467 e. The highest BCUT2D eigenvalue weighted by molar-refractivity contribution is 9.10. The molecule has 0 amide bonds. The molecular weight excluding hydrogens is 318 g/mol. The summed E-state index contributed by atoms with van der Waals surface area (Å²) in [4.78, 5) is 0. The van der Waals surface area contributed by atoms with Crippen molar-refractivity contribution in [1.29, 1.82) is 0 Å². The predicted octanol–water partition coefficient (Wildman–Crippen LogP) is 4.02. The summed E-state index contributed by atoms with van der Waals surface area (Å²) in [6, 6.07) is 15.7. The summed E-state index contributed by atoms with van der Waals surface area (Å²) < 4.78 is 12.2. The molecule has 4 heteroatoms. The van der Waals surface area contributed by atoms with E-state index in [1.165, 1.54) is 0 Å². The minimum atomic E-state index is -0.0865. The summed E-state index contributed by atoms with van der Waals surface area (Å²) in [6.07, 6.45) is 0. The Labute approximate surface area is 127 Å². The zero-order chi connectivity index (χ0) is 14.4. The van der Waals surface area contributed by atoms with Crippen molar-refractivity contribution in [3.05, 3.63) is 64.1 Å². The Morgan fingerprint density at radius 2 is 1.90 bits per heavy atom. The van der Waals surface area contributed by atoms with Gasteiger partial charge in [0.15, 0.2) is 6.79 Å². The minimum absolute atomic E-state index is 0.0865. The van der Waals surface area contributed by atoms with E-state index in [-0.39, 0.29) is 12.8 Å². The van der Waals surface area contributed by atoms with Crippen LogP contribution in [0.3, 0.4) is 0 Å². The molecule has 0 spiro atoms. The molecule has 0 aromatic heterocycles. The zero-order valence-corrected chi connectivity index (χ0v) is 13.0. The van der Waals surface area contributed by atoms with Gasteiger partial charge in [-0.15, -0.1) is 0 Å². The normalized spacial score (nSPS) is 12.2. The average molecular weight is 336 g/mol. The molecule has 0 heterocycles. The molecule has 20 heavy (non-hydrogen) atoms. The second-order valence-corrected chi connectivity index (χ2v) is 5.48. The topological polar surface area (TPSA) is 44.5 Å². The quantitative estimate of drug-likeness (QED) is 0.640. The smallest absolute Gasteiger partial charge is 0.189 e. The van der Waals surface area contributed by atoms with Gasteiger partial charge in [-0.2, -0.15) is 0 Å². The predicted molar refractivity (Wildman–Crippen MR) is 83.5 cm³/mol. The lowest BCUT2D eigenvalue weighted by Crippen LogP contribution is -2.10. The fourth-order valence-electron chi connectivity index (χ4n) is 1.85. The van der Waals surface area contributed by atoms with Gasteiger partial charge in [-0.05, 0) is 30.7 Å². The van der Waals surface area contributed by atoms with E-state index in [0.717, 1.165) is 21.3 Å². The van der Waals surface area contributed by atoms with E-state index in [1.807, 2.05) is 55.5 Å². The van der Waals surface area contributed by atoms with E-state index in [2.05, 4.69) is 15.9 Å².